The van der Waals surface area contributed by atoms with Gasteiger partial charge in [0.2, 0.25) is 0 Å². The Morgan fingerprint density at radius 2 is 1.88 bits per heavy atom. The van der Waals surface area contributed by atoms with Crippen LogP contribution >= 0.6 is 0 Å². The van der Waals surface area contributed by atoms with Crippen molar-refractivity contribution in [2.24, 2.45) is 4.99 Å². The second-order valence-electron chi connectivity index (χ2n) is 3.25. The molecule has 0 spiro atoms. The molecular weight excluding hydrogens is 228 g/mol. The van der Waals surface area contributed by atoms with E-state index in [0.717, 1.165) is 6.92 Å². The molecule has 0 aromatic heterocycles. The maximum atomic E-state index is 12.6. The molecule has 0 saturated carbocycles. The summed E-state index contributed by atoms with van der Waals surface area (Å²) in [6, 6.07) is 0. The number of carboxylic acids is 1. The molecule has 0 atom stereocenters. The van der Waals surface area contributed by atoms with E-state index in [1.165, 1.54) is 13.0 Å². The van der Waals surface area contributed by atoms with E-state index in [1.54, 1.807) is 18.2 Å². The number of aliphatic imine (C=N–C) groups is 1. The molecule has 0 aliphatic heterocycles. The van der Waals surface area contributed by atoms with Crippen molar-refractivity contribution in [1.29, 1.82) is 0 Å². The molecule has 0 rings (SSSR count). The molecule has 0 saturated heterocycles. The van der Waals surface area contributed by atoms with Gasteiger partial charge in [0.15, 0.2) is 0 Å². The van der Waals surface area contributed by atoms with Crippen LogP contribution in [0.15, 0.2) is 40.6 Å². The van der Waals surface area contributed by atoms with E-state index in [0.29, 0.717) is 5.71 Å². The molecule has 0 fully saturated rings. The third kappa shape index (κ3) is 5.75. The first-order valence-corrected chi connectivity index (χ1v) is 4.97. The van der Waals surface area contributed by atoms with Gasteiger partial charge >= 0.3 is 5.97 Å². The fourth-order valence-corrected chi connectivity index (χ4v) is 0.939. The minimum Gasteiger partial charge on any atom is -0.478 e. The smallest absolute Gasteiger partial charge is 0.333 e. The fraction of sp³-hybridized carbons (Fsp3) is 0.333. The quantitative estimate of drug-likeness (QED) is 0.458. The van der Waals surface area contributed by atoms with Gasteiger partial charge in [-0.15, -0.1) is 0 Å². The van der Waals surface area contributed by atoms with Gasteiger partial charge in [0.1, 0.15) is 5.70 Å². The summed E-state index contributed by atoms with van der Waals surface area (Å²) in [6.45, 7) is 4.45. The lowest BCUT2D eigenvalue weighted by molar-refractivity contribution is -0.132. The van der Waals surface area contributed by atoms with Crippen molar-refractivity contribution in [3.8, 4) is 0 Å². The predicted octanol–water partition coefficient (Wildman–Crippen LogP) is 3.20. The summed E-state index contributed by atoms with van der Waals surface area (Å²) in [5.74, 6) is -1.39. The van der Waals surface area contributed by atoms with E-state index >= 15 is 0 Å². The van der Waals surface area contributed by atoms with Crippen LogP contribution in [0.4, 0.5) is 8.78 Å². The van der Waals surface area contributed by atoms with Crippen molar-refractivity contribution in [3.63, 3.8) is 0 Å². The van der Waals surface area contributed by atoms with Gasteiger partial charge in [-0.2, -0.15) is 0 Å². The maximum Gasteiger partial charge on any atom is 0.333 e. The Morgan fingerprint density at radius 3 is 2.29 bits per heavy atom. The highest BCUT2D eigenvalue weighted by Gasteiger charge is 2.17. The number of halogens is 2. The molecule has 0 bridgehead atoms. The molecule has 0 aromatic carbocycles. The summed E-state index contributed by atoms with van der Waals surface area (Å²) >= 11 is 0. The Balaban J connectivity index is 5.20. The number of aliphatic carboxylic acids is 1. The van der Waals surface area contributed by atoms with Gasteiger partial charge in [-0.25, -0.2) is 13.6 Å². The van der Waals surface area contributed by atoms with E-state index in [4.69, 9.17) is 5.11 Å². The Bertz CT molecular complexity index is 393. The van der Waals surface area contributed by atoms with Crippen molar-refractivity contribution >= 4 is 11.7 Å². The van der Waals surface area contributed by atoms with Crippen LogP contribution in [0.2, 0.25) is 0 Å². The molecule has 94 valence electrons. The third-order valence-electron chi connectivity index (χ3n) is 1.85. The lowest BCUT2D eigenvalue weighted by Crippen LogP contribution is -2.07. The van der Waals surface area contributed by atoms with Crippen molar-refractivity contribution in [3.05, 3.63) is 35.6 Å². The molecule has 0 aliphatic carbocycles. The largest absolute Gasteiger partial charge is 0.478 e. The van der Waals surface area contributed by atoms with E-state index in [1.807, 2.05) is 6.92 Å². The van der Waals surface area contributed by atoms with Crippen LogP contribution < -0.4 is 0 Å². The Morgan fingerprint density at radius 1 is 1.29 bits per heavy atom. The van der Waals surface area contributed by atoms with Gasteiger partial charge in [0.25, 0.3) is 6.43 Å². The first kappa shape index (κ1) is 15.2. The topological polar surface area (TPSA) is 49.7 Å². The molecule has 0 unspecified atom stereocenters. The van der Waals surface area contributed by atoms with Gasteiger partial charge in [-0.1, -0.05) is 18.2 Å². The van der Waals surface area contributed by atoms with Crippen molar-refractivity contribution in [1.82, 2.24) is 0 Å². The second-order valence-corrected chi connectivity index (χ2v) is 3.25. The average Bonchev–Trinajstić information content (AvgIpc) is 2.24. The Hall–Kier alpha value is -1.78. The molecule has 3 nitrogen and oxygen atoms in total. The normalized spacial score (nSPS) is 14.8. The van der Waals surface area contributed by atoms with Gasteiger partial charge in [-0.05, 0) is 26.8 Å². The number of carbonyl (C=O) groups is 1. The number of hydrogen-bond acceptors (Lipinski definition) is 2. The Kier molecular flexibility index (Phi) is 6.70. The predicted molar refractivity (Wildman–Crippen MR) is 63.4 cm³/mol. The number of rotatable bonds is 5. The van der Waals surface area contributed by atoms with Gasteiger partial charge < -0.3 is 5.11 Å². The van der Waals surface area contributed by atoms with Crippen molar-refractivity contribution < 1.29 is 18.7 Å². The molecule has 1 N–H and O–H groups in total. The van der Waals surface area contributed by atoms with Crippen LogP contribution in [-0.4, -0.2) is 23.2 Å². The standard InChI is InChI=1S/C12H15F2NO2/c1-4-5-6-7-8(2)15-10(11(13)14)9(3)12(16)17/h4-7,11H,1-3H3,(H,16,17)/b5-4-,7-6-,10-9+,15-8+. The highest BCUT2D eigenvalue weighted by Crippen LogP contribution is 2.16. The van der Waals surface area contributed by atoms with Crippen LogP contribution in [0.25, 0.3) is 0 Å². The van der Waals surface area contributed by atoms with E-state index in [9.17, 15) is 13.6 Å². The van der Waals surface area contributed by atoms with Crippen LogP contribution in [-0.2, 0) is 4.79 Å². The van der Waals surface area contributed by atoms with Crippen LogP contribution in [0, 0.1) is 0 Å². The van der Waals surface area contributed by atoms with Crippen molar-refractivity contribution in [2.75, 3.05) is 0 Å². The fourth-order valence-electron chi connectivity index (χ4n) is 0.939. The lowest BCUT2D eigenvalue weighted by atomic mass is 10.2. The molecule has 0 radical (unpaired) electrons. The van der Waals surface area contributed by atoms with Crippen molar-refractivity contribution in [2.45, 2.75) is 27.2 Å². The summed E-state index contributed by atoms with van der Waals surface area (Å²) in [4.78, 5) is 14.2. The monoisotopic (exact) mass is 243 g/mol. The molecule has 0 aromatic rings. The average molecular weight is 243 g/mol. The van der Waals surface area contributed by atoms with E-state index < -0.39 is 23.7 Å². The summed E-state index contributed by atoms with van der Waals surface area (Å²) in [6.07, 6.45) is 3.75. The summed E-state index contributed by atoms with van der Waals surface area (Å²) in [7, 11) is 0. The molecule has 17 heavy (non-hydrogen) atoms. The maximum absolute atomic E-state index is 12.6. The minimum atomic E-state index is -2.91. The van der Waals surface area contributed by atoms with Crippen LogP contribution in [0.5, 0.6) is 0 Å². The summed E-state index contributed by atoms with van der Waals surface area (Å²) in [5.41, 5.74) is -0.835. The summed E-state index contributed by atoms with van der Waals surface area (Å²) < 4.78 is 25.2. The Labute approximate surface area is 98.9 Å². The SMILES string of the molecule is C\C=C/C=C\C(C)=N\C(=C(/C)C(=O)O)C(F)F. The molecule has 0 amide bonds. The summed E-state index contributed by atoms with van der Waals surface area (Å²) in [5, 5.41) is 8.64. The zero-order valence-electron chi connectivity index (χ0n) is 9.95. The molecule has 0 aliphatic rings. The van der Waals surface area contributed by atoms with E-state index in [2.05, 4.69) is 4.99 Å². The van der Waals surface area contributed by atoms with Crippen LogP contribution in [0.3, 0.4) is 0 Å². The minimum absolute atomic E-state index is 0.319. The first-order chi connectivity index (χ1) is 7.90. The third-order valence-corrected chi connectivity index (χ3v) is 1.85. The highest BCUT2D eigenvalue weighted by atomic mass is 19.3. The molecular formula is C12H15F2NO2. The number of allylic oxidation sites excluding steroid dienone is 5. The second kappa shape index (κ2) is 7.49. The van der Waals surface area contributed by atoms with Gasteiger partial charge in [0, 0.05) is 5.71 Å². The van der Waals surface area contributed by atoms with E-state index in [-0.39, 0.29) is 0 Å². The molecule has 5 heteroatoms. The number of hydrogen-bond donors (Lipinski definition) is 1. The number of nitrogens with zero attached hydrogens (tertiary/aromatic N) is 1. The highest BCUT2D eigenvalue weighted by molar-refractivity contribution is 5.95. The first-order valence-electron chi connectivity index (χ1n) is 4.97. The van der Waals surface area contributed by atoms with Gasteiger partial charge in [0.05, 0.1) is 5.57 Å². The van der Waals surface area contributed by atoms with Crippen LogP contribution in [0.1, 0.15) is 20.8 Å². The zero-order valence-corrected chi connectivity index (χ0v) is 9.95. The lowest BCUT2D eigenvalue weighted by Gasteiger charge is -2.04. The van der Waals surface area contributed by atoms with Gasteiger partial charge in [-0.3, -0.25) is 4.99 Å². The zero-order chi connectivity index (χ0) is 13.4. The number of carboxylic acid groups (broad SMARTS) is 1. The molecule has 0 heterocycles. The number of alkyl halides is 2.